The molecular formula is C20H22N4O3. The van der Waals surface area contributed by atoms with E-state index in [1.165, 1.54) is 0 Å². The molecule has 1 atom stereocenters. The van der Waals surface area contributed by atoms with Gasteiger partial charge in [-0.2, -0.15) is 0 Å². The first-order chi connectivity index (χ1) is 13.1. The highest BCUT2D eigenvalue weighted by Gasteiger charge is 2.30. The Balaban J connectivity index is 1.64. The lowest BCUT2D eigenvalue weighted by molar-refractivity contribution is -0.121. The summed E-state index contributed by atoms with van der Waals surface area (Å²) in [5.74, 6) is -0.360. The third kappa shape index (κ3) is 4.44. The van der Waals surface area contributed by atoms with Crippen LogP contribution in [0.25, 0.3) is 0 Å². The molecule has 1 saturated heterocycles. The van der Waals surface area contributed by atoms with Crippen LogP contribution in [0, 0.1) is 0 Å². The van der Waals surface area contributed by atoms with Gasteiger partial charge in [-0.15, -0.1) is 0 Å². The van der Waals surface area contributed by atoms with Crippen LogP contribution in [-0.2, 0) is 4.79 Å². The van der Waals surface area contributed by atoms with Crippen molar-refractivity contribution in [1.29, 1.82) is 0 Å². The second-order valence-electron chi connectivity index (χ2n) is 6.28. The molecule has 0 spiro atoms. The third-order valence-electron chi connectivity index (χ3n) is 4.42. The van der Waals surface area contributed by atoms with E-state index < -0.39 is 12.1 Å². The summed E-state index contributed by atoms with van der Waals surface area (Å²) in [4.78, 5) is 38.4. The molecule has 0 saturated carbocycles. The van der Waals surface area contributed by atoms with E-state index in [2.05, 4.69) is 16.0 Å². The fourth-order valence-electron chi connectivity index (χ4n) is 3.08. The van der Waals surface area contributed by atoms with Gasteiger partial charge in [-0.05, 0) is 43.2 Å². The van der Waals surface area contributed by atoms with Crippen molar-refractivity contribution >= 4 is 29.2 Å². The number of anilines is 2. The lowest BCUT2D eigenvalue weighted by Crippen LogP contribution is -2.53. The maximum atomic E-state index is 12.7. The molecule has 7 nitrogen and oxygen atoms in total. The fraction of sp³-hybridized carbons (Fsp3) is 0.250. The Morgan fingerprint density at radius 3 is 2.59 bits per heavy atom. The number of urea groups is 1. The number of hydrogen-bond donors (Lipinski definition) is 3. The average molecular weight is 366 g/mol. The molecule has 1 aliphatic rings. The summed E-state index contributed by atoms with van der Waals surface area (Å²) in [6.07, 6.45) is 1.39. The molecule has 4 amide bonds. The van der Waals surface area contributed by atoms with Crippen LogP contribution in [0.4, 0.5) is 16.2 Å². The minimum atomic E-state index is -0.582. The number of amides is 4. The molecule has 140 valence electrons. The van der Waals surface area contributed by atoms with E-state index in [1.807, 2.05) is 30.3 Å². The van der Waals surface area contributed by atoms with E-state index in [-0.39, 0.29) is 11.8 Å². The largest absolute Gasteiger partial charge is 0.355 e. The van der Waals surface area contributed by atoms with Crippen molar-refractivity contribution in [2.24, 2.45) is 0 Å². The predicted octanol–water partition coefficient (Wildman–Crippen LogP) is 2.36. The summed E-state index contributed by atoms with van der Waals surface area (Å²) in [6.45, 7) is 0.636. The van der Waals surface area contributed by atoms with E-state index in [0.29, 0.717) is 24.2 Å². The Labute approximate surface area is 157 Å². The lowest BCUT2D eigenvalue weighted by atomic mass is 10.0. The zero-order chi connectivity index (χ0) is 19.2. The number of para-hydroxylation sites is 1. The number of nitrogens with zero attached hydrogens (tertiary/aromatic N) is 1. The number of piperidine rings is 1. The number of carbonyl (C=O) groups is 3. The molecule has 1 unspecified atom stereocenters. The average Bonchev–Trinajstić information content (AvgIpc) is 2.70. The molecule has 3 rings (SSSR count). The molecule has 2 aromatic rings. The van der Waals surface area contributed by atoms with Gasteiger partial charge in [0.05, 0.1) is 0 Å². The Bertz CT molecular complexity index is 838. The fourth-order valence-corrected chi connectivity index (χ4v) is 3.08. The molecule has 0 aromatic heterocycles. The normalized spacial score (nSPS) is 16.6. The first kappa shape index (κ1) is 18.4. The molecule has 27 heavy (non-hydrogen) atoms. The monoisotopic (exact) mass is 366 g/mol. The molecule has 2 aromatic carbocycles. The van der Waals surface area contributed by atoms with Gasteiger partial charge in [0, 0.05) is 30.5 Å². The Kier molecular flexibility index (Phi) is 5.71. The molecule has 0 bridgehead atoms. The summed E-state index contributed by atoms with van der Waals surface area (Å²) in [6, 6.07) is 15.0. The first-order valence-electron chi connectivity index (χ1n) is 8.84. The van der Waals surface area contributed by atoms with Crippen molar-refractivity contribution in [3.8, 4) is 0 Å². The van der Waals surface area contributed by atoms with Gasteiger partial charge in [0.15, 0.2) is 0 Å². The SMILES string of the molecule is CNC(=O)c1cccc(NC(=O)NC2CCCN(c3ccccc3)C2=O)c1. The van der Waals surface area contributed by atoms with Gasteiger partial charge < -0.3 is 20.9 Å². The van der Waals surface area contributed by atoms with Gasteiger partial charge in [-0.25, -0.2) is 4.79 Å². The van der Waals surface area contributed by atoms with E-state index in [1.54, 1.807) is 36.2 Å². The molecule has 1 aliphatic heterocycles. The van der Waals surface area contributed by atoms with Crippen LogP contribution in [0.2, 0.25) is 0 Å². The van der Waals surface area contributed by atoms with E-state index in [9.17, 15) is 14.4 Å². The number of rotatable bonds is 4. The van der Waals surface area contributed by atoms with Gasteiger partial charge in [-0.1, -0.05) is 24.3 Å². The first-order valence-corrected chi connectivity index (χ1v) is 8.84. The molecule has 3 N–H and O–H groups in total. The smallest absolute Gasteiger partial charge is 0.319 e. The Morgan fingerprint density at radius 1 is 1.07 bits per heavy atom. The van der Waals surface area contributed by atoms with Crippen LogP contribution in [0.3, 0.4) is 0 Å². The molecule has 0 aliphatic carbocycles. The van der Waals surface area contributed by atoms with Crippen LogP contribution in [0.5, 0.6) is 0 Å². The van der Waals surface area contributed by atoms with Gasteiger partial charge >= 0.3 is 6.03 Å². The van der Waals surface area contributed by atoms with Gasteiger partial charge in [0.2, 0.25) is 5.91 Å². The zero-order valence-electron chi connectivity index (χ0n) is 15.1. The molecule has 1 fully saturated rings. The topological polar surface area (TPSA) is 90.5 Å². The quantitative estimate of drug-likeness (QED) is 0.776. The van der Waals surface area contributed by atoms with Crippen LogP contribution in [0.1, 0.15) is 23.2 Å². The van der Waals surface area contributed by atoms with Crippen LogP contribution >= 0.6 is 0 Å². The van der Waals surface area contributed by atoms with Crippen molar-refractivity contribution in [1.82, 2.24) is 10.6 Å². The minimum absolute atomic E-state index is 0.123. The third-order valence-corrected chi connectivity index (χ3v) is 4.42. The Morgan fingerprint density at radius 2 is 1.85 bits per heavy atom. The molecule has 0 radical (unpaired) electrons. The second-order valence-corrected chi connectivity index (χ2v) is 6.28. The maximum Gasteiger partial charge on any atom is 0.319 e. The zero-order valence-corrected chi connectivity index (χ0v) is 15.1. The van der Waals surface area contributed by atoms with Crippen molar-refractivity contribution in [3.63, 3.8) is 0 Å². The van der Waals surface area contributed by atoms with Crippen molar-refractivity contribution < 1.29 is 14.4 Å². The summed E-state index contributed by atoms with van der Waals surface area (Å²) in [5.41, 5.74) is 1.75. The summed E-state index contributed by atoms with van der Waals surface area (Å²) in [7, 11) is 1.54. The van der Waals surface area contributed by atoms with E-state index in [0.717, 1.165) is 12.1 Å². The highest BCUT2D eigenvalue weighted by atomic mass is 16.2. The highest BCUT2D eigenvalue weighted by molar-refractivity contribution is 6.02. The minimum Gasteiger partial charge on any atom is -0.355 e. The van der Waals surface area contributed by atoms with Crippen molar-refractivity contribution in [2.75, 3.05) is 23.8 Å². The number of benzene rings is 2. The number of hydrogen-bond acceptors (Lipinski definition) is 3. The highest BCUT2D eigenvalue weighted by Crippen LogP contribution is 2.21. The molecule has 7 heteroatoms. The summed E-state index contributed by atoms with van der Waals surface area (Å²) in [5, 5.41) is 7.96. The van der Waals surface area contributed by atoms with Gasteiger partial charge in [0.1, 0.15) is 6.04 Å². The van der Waals surface area contributed by atoms with Crippen LogP contribution < -0.4 is 20.9 Å². The maximum absolute atomic E-state index is 12.7. The van der Waals surface area contributed by atoms with Gasteiger partial charge in [-0.3, -0.25) is 9.59 Å². The predicted molar refractivity (Wildman–Crippen MR) is 104 cm³/mol. The van der Waals surface area contributed by atoms with Crippen LogP contribution in [0.15, 0.2) is 54.6 Å². The second kappa shape index (κ2) is 8.35. The van der Waals surface area contributed by atoms with Gasteiger partial charge in [0.25, 0.3) is 5.91 Å². The van der Waals surface area contributed by atoms with E-state index in [4.69, 9.17) is 0 Å². The number of carbonyl (C=O) groups excluding carboxylic acids is 3. The Hall–Kier alpha value is -3.35. The standard InChI is InChI=1S/C20H22N4O3/c1-21-18(25)14-7-5-8-15(13-14)22-20(27)23-17-11-6-12-24(19(17)26)16-9-3-2-4-10-16/h2-5,7-10,13,17H,6,11-12H2,1H3,(H,21,25)(H2,22,23,27). The molecule has 1 heterocycles. The van der Waals surface area contributed by atoms with Crippen molar-refractivity contribution in [3.05, 3.63) is 60.2 Å². The summed E-state index contributed by atoms with van der Waals surface area (Å²) < 4.78 is 0. The van der Waals surface area contributed by atoms with Crippen LogP contribution in [-0.4, -0.2) is 37.5 Å². The van der Waals surface area contributed by atoms with E-state index >= 15 is 0 Å². The summed E-state index contributed by atoms with van der Waals surface area (Å²) >= 11 is 0. The molecular weight excluding hydrogens is 344 g/mol. The number of nitrogens with one attached hydrogen (secondary N) is 3. The van der Waals surface area contributed by atoms with Crippen molar-refractivity contribution in [2.45, 2.75) is 18.9 Å². The lowest BCUT2D eigenvalue weighted by Gasteiger charge is -2.32.